The molecule has 164 valence electrons. The largest absolute Gasteiger partial charge is 0.481 e. The molecule has 0 saturated heterocycles. The molecule has 0 bridgehead atoms. The van der Waals surface area contributed by atoms with Crippen molar-refractivity contribution in [2.45, 2.75) is 128 Å². The van der Waals surface area contributed by atoms with Gasteiger partial charge >= 0.3 is 11.9 Å². The summed E-state index contributed by atoms with van der Waals surface area (Å²) in [5.41, 5.74) is 0. The molecule has 0 unspecified atom stereocenters. The quantitative estimate of drug-likeness (QED) is 0.116. The summed E-state index contributed by atoms with van der Waals surface area (Å²) in [5.74, 6) is -0.830. The molecule has 0 aromatic rings. The standard InChI is InChI=1S/C24H44O4/c1-2-28-24(27)22-20-18-16-14-12-10-8-6-4-3-5-7-9-11-13-15-17-19-21-23(25)26/h2H,1,3-22H2,(H,25,26). The smallest absolute Gasteiger partial charge is 0.310 e. The van der Waals surface area contributed by atoms with Crippen LogP contribution in [-0.2, 0) is 14.3 Å². The van der Waals surface area contributed by atoms with Crippen molar-refractivity contribution in [1.82, 2.24) is 0 Å². The predicted octanol–water partition coefficient (Wildman–Crippen LogP) is 7.56. The third-order valence-electron chi connectivity index (χ3n) is 5.24. The zero-order chi connectivity index (χ0) is 20.7. The maximum Gasteiger partial charge on any atom is 0.310 e. The van der Waals surface area contributed by atoms with Crippen LogP contribution in [-0.4, -0.2) is 17.0 Å². The number of ether oxygens (including phenoxy) is 1. The molecule has 0 atom stereocenters. The van der Waals surface area contributed by atoms with Crippen LogP contribution < -0.4 is 0 Å². The van der Waals surface area contributed by atoms with Crippen molar-refractivity contribution in [2.75, 3.05) is 0 Å². The van der Waals surface area contributed by atoms with Gasteiger partial charge in [-0.1, -0.05) is 109 Å². The van der Waals surface area contributed by atoms with Gasteiger partial charge in [-0.05, 0) is 12.8 Å². The van der Waals surface area contributed by atoms with Gasteiger partial charge in [-0.15, -0.1) is 0 Å². The first kappa shape index (κ1) is 26.7. The van der Waals surface area contributed by atoms with Crippen LogP contribution in [0, 0.1) is 0 Å². The molecule has 0 fully saturated rings. The van der Waals surface area contributed by atoms with Crippen LogP contribution in [0.25, 0.3) is 0 Å². The lowest BCUT2D eigenvalue weighted by Gasteiger charge is -2.04. The number of aliphatic carboxylic acids is 1. The molecule has 0 aromatic heterocycles. The van der Waals surface area contributed by atoms with Gasteiger partial charge in [0.1, 0.15) is 0 Å². The van der Waals surface area contributed by atoms with Crippen LogP contribution in [0.3, 0.4) is 0 Å². The Hall–Kier alpha value is -1.32. The molecule has 4 nitrogen and oxygen atoms in total. The molecule has 28 heavy (non-hydrogen) atoms. The van der Waals surface area contributed by atoms with Gasteiger partial charge in [0.2, 0.25) is 0 Å². The molecule has 0 radical (unpaired) electrons. The van der Waals surface area contributed by atoms with Crippen LogP contribution in [0.1, 0.15) is 128 Å². The third kappa shape index (κ3) is 22.7. The Morgan fingerprint density at radius 2 is 0.857 bits per heavy atom. The minimum absolute atomic E-state index is 0.164. The normalized spacial score (nSPS) is 10.7. The number of carboxylic acid groups (broad SMARTS) is 1. The van der Waals surface area contributed by atoms with Gasteiger partial charge in [0.15, 0.2) is 0 Å². The predicted molar refractivity (Wildman–Crippen MR) is 116 cm³/mol. The SMILES string of the molecule is C=COC(=O)CCCCCCCCCCCCCCCCCCCCC(=O)O. The summed E-state index contributed by atoms with van der Waals surface area (Å²) in [7, 11) is 0. The molecule has 1 N–H and O–H groups in total. The van der Waals surface area contributed by atoms with E-state index in [-0.39, 0.29) is 5.97 Å². The lowest BCUT2D eigenvalue weighted by molar-refractivity contribution is -0.138. The van der Waals surface area contributed by atoms with E-state index >= 15 is 0 Å². The minimum Gasteiger partial charge on any atom is -0.481 e. The molecule has 0 amide bonds. The van der Waals surface area contributed by atoms with E-state index in [9.17, 15) is 9.59 Å². The van der Waals surface area contributed by atoms with E-state index in [1.807, 2.05) is 0 Å². The van der Waals surface area contributed by atoms with E-state index in [0.717, 1.165) is 25.7 Å². The molecule has 4 heteroatoms. The fourth-order valence-corrected chi connectivity index (χ4v) is 3.53. The highest BCUT2D eigenvalue weighted by Crippen LogP contribution is 2.14. The van der Waals surface area contributed by atoms with Crippen LogP contribution in [0.2, 0.25) is 0 Å². The van der Waals surface area contributed by atoms with Gasteiger partial charge in [0.05, 0.1) is 6.26 Å². The fraction of sp³-hybridized carbons (Fsp3) is 0.833. The van der Waals surface area contributed by atoms with Crippen molar-refractivity contribution >= 4 is 11.9 Å². The summed E-state index contributed by atoms with van der Waals surface area (Å²) < 4.78 is 4.69. The highest BCUT2D eigenvalue weighted by atomic mass is 16.5. The number of unbranched alkanes of at least 4 members (excludes halogenated alkanes) is 17. The Bertz CT molecular complexity index is 379. The molecule has 0 saturated carbocycles. The summed E-state index contributed by atoms with van der Waals surface area (Å²) in [4.78, 5) is 21.5. The van der Waals surface area contributed by atoms with Crippen molar-refractivity contribution in [3.05, 3.63) is 12.8 Å². The zero-order valence-corrected chi connectivity index (χ0v) is 18.1. The van der Waals surface area contributed by atoms with Crippen molar-refractivity contribution in [1.29, 1.82) is 0 Å². The second-order valence-electron chi connectivity index (χ2n) is 7.91. The van der Waals surface area contributed by atoms with E-state index in [2.05, 4.69) is 6.58 Å². The van der Waals surface area contributed by atoms with Crippen molar-refractivity contribution in [2.24, 2.45) is 0 Å². The van der Waals surface area contributed by atoms with E-state index < -0.39 is 5.97 Å². The number of carbonyl (C=O) groups excluding carboxylic acids is 1. The summed E-state index contributed by atoms with van der Waals surface area (Å²) in [6.45, 7) is 3.38. The first-order chi connectivity index (χ1) is 13.7. The summed E-state index contributed by atoms with van der Waals surface area (Å²) >= 11 is 0. The molecule has 0 spiro atoms. The average molecular weight is 397 g/mol. The Kier molecular flexibility index (Phi) is 20.9. The average Bonchev–Trinajstić information content (AvgIpc) is 2.66. The molecule has 0 aliphatic heterocycles. The first-order valence-electron chi connectivity index (χ1n) is 11.7. The molecular formula is C24H44O4. The van der Waals surface area contributed by atoms with Crippen LogP contribution >= 0.6 is 0 Å². The van der Waals surface area contributed by atoms with Gasteiger partial charge in [0.25, 0.3) is 0 Å². The van der Waals surface area contributed by atoms with Crippen LogP contribution in [0.15, 0.2) is 12.8 Å². The lowest BCUT2D eigenvalue weighted by atomic mass is 10.0. The highest BCUT2D eigenvalue weighted by molar-refractivity contribution is 5.69. The monoisotopic (exact) mass is 396 g/mol. The second kappa shape index (κ2) is 22.0. The topological polar surface area (TPSA) is 63.6 Å². The number of carbonyl (C=O) groups is 2. The van der Waals surface area contributed by atoms with Crippen molar-refractivity contribution in [3.63, 3.8) is 0 Å². The van der Waals surface area contributed by atoms with Gasteiger partial charge < -0.3 is 9.84 Å². The Morgan fingerprint density at radius 1 is 0.571 bits per heavy atom. The lowest BCUT2D eigenvalue weighted by Crippen LogP contribution is -1.98. The van der Waals surface area contributed by atoms with Crippen LogP contribution in [0.5, 0.6) is 0 Å². The number of hydrogen-bond acceptors (Lipinski definition) is 3. The summed E-state index contributed by atoms with van der Waals surface area (Å²) in [6, 6.07) is 0. The highest BCUT2D eigenvalue weighted by Gasteiger charge is 2.00. The summed E-state index contributed by atoms with van der Waals surface area (Å²) in [6.07, 6.45) is 24.5. The van der Waals surface area contributed by atoms with Crippen molar-refractivity contribution < 1.29 is 19.4 Å². The van der Waals surface area contributed by atoms with E-state index in [1.54, 1.807) is 0 Å². The Labute approximate surface area is 173 Å². The van der Waals surface area contributed by atoms with Gasteiger partial charge in [-0.25, -0.2) is 0 Å². The number of rotatable bonds is 22. The fourth-order valence-electron chi connectivity index (χ4n) is 3.53. The maximum absolute atomic E-state index is 11.1. The minimum atomic E-state index is -0.667. The van der Waals surface area contributed by atoms with E-state index in [1.165, 1.54) is 96.2 Å². The Morgan fingerprint density at radius 3 is 1.14 bits per heavy atom. The number of hydrogen-bond donors (Lipinski definition) is 1. The number of carboxylic acids is 1. The zero-order valence-electron chi connectivity index (χ0n) is 18.1. The third-order valence-corrected chi connectivity index (χ3v) is 5.24. The second-order valence-corrected chi connectivity index (χ2v) is 7.91. The number of esters is 1. The van der Waals surface area contributed by atoms with Gasteiger partial charge in [-0.2, -0.15) is 0 Å². The van der Waals surface area contributed by atoms with E-state index in [4.69, 9.17) is 9.84 Å². The van der Waals surface area contributed by atoms with Gasteiger partial charge in [0, 0.05) is 12.8 Å². The summed E-state index contributed by atoms with van der Waals surface area (Å²) in [5, 5.41) is 8.57. The van der Waals surface area contributed by atoms with Crippen molar-refractivity contribution in [3.8, 4) is 0 Å². The maximum atomic E-state index is 11.1. The molecular weight excluding hydrogens is 352 g/mol. The molecule has 0 aliphatic carbocycles. The molecule has 0 heterocycles. The Balaban J connectivity index is 3.06. The molecule has 0 rings (SSSR count). The van der Waals surface area contributed by atoms with Crippen LogP contribution in [0.4, 0.5) is 0 Å². The van der Waals surface area contributed by atoms with E-state index in [0.29, 0.717) is 12.8 Å². The molecule has 0 aliphatic rings. The molecule has 0 aromatic carbocycles. The first-order valence-corrected chi connectivity index (χ1v) is 11.7. The van der Waals surface area contributed by atoms with Gasteiger partial charge in [-0.3, -0.25) is 9.59 Å².